The average molecular weight is 292 g/mol. The highest BCUT2D eigenvalue weighted by molar-refractivity contribution is 7.10. The number of piperidine rings is 2. The van der Waals surface area contributed by atoms with Crippen molar-refractivity contribution in [3.05, 3.63) is 21.9 Å². The van der Waals surface area contributed by atoms with Crippen molar-refractivity contribution in [3.8, 4) is 0 Å². The van der Waals surface area contributed by atoms with Crippen LogP contribution >= 0.6 is 11.3 Å². The van der Waals surface area contributed by atoms with Gasteiger partial charge >= 0.3 is 0 Å². The number of nitrogens with one attached hydrogen (secondary N) is 1. The molecule has 0 radical (unpaired) electrons. The molecule has 0 saturated carbocycles. The van der Waals surface area contributed by atoms with Crippen LogP contribution in [0.5, 0.6) is 0 Å². The predicted octanol–water partition coefficient (Wildman–Crippen LogP) is 3.94. The Bertz CT molecular complexity index is 414. The van der Waals surface area contributed by atoms with Gasteiger partial charge in [0.25, 0.3) is 0 Å². The van der Waals surface area contributed by atoms with Crippen molar-refractivity contribution in [1.82, 2.24) is 10.2 Å². The first-order valence-corrected chi connectivity index (χ1v) is 9.18. The zero-order valence-corrected chi connectivity index (χ0v) is 13.7. The summed E-state index contributed by atoms with van der Waals surface area (Å²) in [6.45, 7) is 6.91. The molecule has 3 heterocycles. The molecule has 0 aromatic carbocycles. The Kier molecular flexibility index (Phi) is 4.79. The summed E-state index contributed by atoms with van der Waals surface area (Å²) in [6, 6.07) is 4.67. The van der Waals surface area contributed by atoms with Crippen LogP contribution in [-0.2, 0) is 6.54 Å². The van der Waals surface area contributed by atoms with Crippen LogP contribution in [0.4, 0.5) is 0 Å². The molecule has 20 heavy (non-hydrogen) atoms. The van der Waals surface area contributed by atoms with Crippen LogP contribution in [-0.4, -0.2) is 29.6 Å². The molecule has 2 atom stereocenters. The number of thiophene rings is 1. The van der Waals surface area contributed by atoms with Crippen molar-refractivity contribution < 1.29 is 0 Å². The van der Waals surface area contributed by atoms with E-state index in [1.165, 1.54) is 57.2 Å². The van der Waals surface area contributed by atoms with Crippen LogP contribution < -0.4 is 5.32 Å². The molecule has 2 aliphatic rings. The van der Waals surface area contributed by atoms with E-state index in [0.717, 1.165) is 18.1 Å². The molecule has 112 valence electrons. The molecule has 1 aromatic rings. The van der Waals surface area contributed by atoms with Crippen molar-refractivity contribution in [2.75, 3.05) is 6.54 Å². The van der Waals surface area contributed by atoms with E-state index in [4.69, 9.17) is 0 Å². The average Bonchev–Trinajstić information content (AvgIpc) is 2.82. The second-order valence-electron chi connectivity index (χ2n) is 6.56. The molecule has 2 bridgehead atoms. The van der Waals surface area contributed by atoms with Crippen LogP contribution in [0.15, 0.2) is 11.4 Å². The van der Waals surface area contributed by atoms with E-state index in [2.05, 4.69) is 35.5 Å². The van der Waals surface area contributed by atoms with Gasteiger partial charge in [-0.05, 0) is 62.6 Å². The molecule has 1 aromatic heterocycles. The Labute approximate surface area is 127 Å². The molecule has 0 spiro atoms. The molecule has 3 heteroatoms. The van der Waals surface area contributed by atoms with Crippen LogP contribution in [0.3, 0.4) is 0 Å². The van der Waals surface area contributed by atoms with Crippen LogP contribution in [0.25, 0.3) is 0 Å². The van der Waals surface area contributed by atoms with E-state index >= 15 is 0 Å². The third-order valence-electron chi connectivity index (χ3n) is 5.10. The molecule has 2 aliphatic heterocycles. The van der Waals surface area contributed by atoms with Crippen molar-refractivity contribution in [3.63, 3.8) is 0 Å². The third-order valence-corrected chi connectivity index (χ3v) is 6.11. The summed E-state index contributed by atoms with van der Waals surface area (Å²) >= 11 is 1.94. The van der Waals surface area contributed by atoms with Gasteiger partial charge in [0.2, 0.25) is 0 Å². The molecule has 0 amide bonds. The van der Waals surface area contributed by atoms with E-state index in [1.807, 2.05) is 11.3 Å². The maximum Gasteiger partial charge on any atom is 0.0336 e. The minimum atomic E-state index is 0.769. The van der Waals surface area contributed by atoms with E-state index in [1.54, 1.807) is 4.88 Å². The monoisotopic (exact) mass is 292 g/mol. The van der Waals surface area contributed by atoms with Gasteiger partial charge in [-0.15, -0.1) is 11.3 Å². The number of hydrogen-bond acceptors (Lipinski definition) is 3. The largest absolute Gasteiger partial charge is 0.314 e. The minimum absolute atomic E-state index is 0.769. The van der Waals surface area contributed by atoms with E-state index in [0.29, 0.717) is 0 Å². The number of hydrogen-bond donors (Lipinski definition) is 1. The number of fused-ring (bicyclic) bond motifs is 2. The van der Waals surface area contributed by atoms with Gasteiger partial charge in [-0.3, -0.25) is 4.90 Å². The maximum absolute atomic E-state index is 3.77. The van der Waals surface area contributed by atoms with Crippen molar-refractivity contribution in [2.45, 2.75) is 77.0 Å². The van der Waals surface area contributed by atoms with Crippen LogP contribution in [0, 0.1) is 6.92 Å². The topological polar surface area (TPSA) is 15.3 Å². The van der Waals surface area contributed by atoms with Crippen LogP contribution in [0.1, 0.15) is 55.9 Å². The first-order valence-electron chi connectivity index (χ1n) is 8.30. The SMILES string of the molecule is CCCNC1CC2CCCC(C1)N2Cc1sccc1C. The molecular weight excluding hydrogens is 264 g/mol. The lowest BCUT2D eigenvalue weighted by Gasteiger charge is -2.49. The Morgan fingerprint density at radius 1 is 1.30 bits per heavy atom. The Morgan fingerprint density at radius 2 is 2.05 bits per heavy atom. The molecule has 3 rings (SSSR count). The van der Waals surface area contributed by atoms with Crippen LogP contribution in [0.2, 0.25) is 0 Å². The zero-order chi connectivity index (χ0) is 13.9. The maximum atomic E-state index is 3.77. The fourth-order valence-electron chi connectivity index (χ4n) is 3.98. The number of aryl methyl sites for hydroxylation is 1. The van der Waals surface area contributed by atoms with E-state index in [-0.39, 0.29) is 0 Å². The van der Waals surface area contributed by atoms with Gasteiger partial charge in [-0.25, -0.2) is 0 Å². The Morgan fingerprint density at radius 3 is 2.65 bits per heavy atom. The second-order valence-corrected chi connectivity index (χ2v) is 7.56. The van der Waals surface area contributed by atoms with E-state index < -0.39 is 0 Å². The molecule has 2 fully saturated rings. The van der Waals surface area contributed by atoms with E-state index in [9.17, 15) is 0 Å². The molecular formula is C17H28N2S. The molecule has 1 N–H and O–H groups in total. The number of rotatable bonds is 5. The van der Waals surface area contributed by atoms with Gasteiger partial charge in [-0.2, -0.15) is 0 Å². The standard InChI is InChI=1S/C17H28N2S/c1-3-8-18-14-10-15-5-4-6-16(11-14)19(15)12-17-13(2)7-9-20-17/h7,9,14-16,18H,3-6,8,10-12H2,1-2H3. The second kappa shape index (κ2) is 6.59. The summed E-state index contributed by atoms with van der Waals surface area (Å²) in [5, 5.41) is 6.01. The molecule has 2 nitrogen and oxygen atoms in total. The summed E-state index contributed by atoms with van der Waals surface area (Å²) < 4.78 is 0. The van der Waals surface area contributed by atoms with Gasteiger partial charge in [0.15, 0.2) is 0 Å². The highest BCUT2D eigenvalue weighted by atomic mass is 32.1. The third kappa shape index (κ3) is 3.10. The van der Waals surface area contributed by atoms with Gasteiger partial charge < -0.3 is 5.32 Å². The lowest BCUT2D eigenvalue weighted by atomic mass is 9.81. The van der Waals surface area contributed by atoms with Crippen molar-refractivity contribution in [2.24, 2.45) is 0 Å². The minimum Gasteiger partial charge on any atom is -0.314 e. The van der Waals surface area contributed by atoms with Crippen molar-refractivity contribution in [1.29, 1.82) is 0 Å². The highest BCUT2D eigenvalue weighted by Gasteiger charge is 2.38. The van der Waals surface area contributed by atoms with Gasteiger partial charge in [0, 0.05) is 29.5 Å². The fourth-order valence-corrected chi connectivity index (χ4v) is 4.90. The Hall–Kier alpha value is -0.380. The quantitative estimate of drug-likeness (QED) is 0.884. The summed E-state index contributed by atoms with van der Waals surface area (Å²) in [5.74, 6) is 0. The normalized spacial score (nSPS) is 30.6. The highest BCUT2D eigenvalue weighted by Crippen LogP contribution is 2.36. The van der Waals surface area contributed by atoms with Gasteiger partial charge in [0.1, 0.15) is 0 Å². The summed E-state index contributed by atoms with van der Waals surface area (Å²) in [7, 11) is 0. The summed E-state index contributed by atoms with van der Waals surface area (Å²) in [5.41, 5.74) is 1.49. The lowest BCUT2D eigenvalue weighted by Crippen LogP contribution is -2.55. The van der Waals surface area contributed by atoms with Gasteiger partial charge in [0.05, 0.1) is 0 Å². The lowest BCUT2D eigenvalue weighted by molar-refractivity contribution is 0.0184. The van der Waals surface area contributed by atoms with Crippen molar-refractivity contribution >= 4 is 11.3 Å². The molecule has 2 unspecified atom stereocenters. The number of nitrogens with zero attached hydrogens (tertiary/aromatic N) is 1. The summed E-state index contributed by atoms with van der Waals surface area (Å²) in [6.07, 6.45) is 8.23. The predicted molar refractivity (Wildman–Crippen MR) is 87.3 cm³/mol. The smallest absolute Gasteiger partial charge is 0.0336 e. The fraction of sp³-hybridized carbons (Fsp3) is 0.765. The molecule has 2 saturated heterocycles. The first kappa shape index (κ1) is 14.6. The molecule has 0 aliphatic carbocycles. The first-order chi connectivity index (χ1) is 9.78. The Balaban J connectivity index is 1.65. The zero-order valence-electron chi connectivity index (χ0n) is 12.9. The van der Waals surface area contributed by atoms with Gasteiger partial charge in [-0.1, -0.05) is 13.3 Å². The summed E-state index contributed by atoms with van der Waals surface area (Å²) in [4.78, 5) is 4.41.